The third-order valence-electron chi connectivity index (χ3n) is 5.45. The third kappa shape index (κ3) is 6.14. The number of aryl methyl sites for hydroxylation is 2. The molecule has 1 heterocycles. The summed E-state index contributed by atoms with van der Waals surface area (Å²) < 4.78 is 40.6. The zero-order valence-corrected chi connectivity index (χ0v) is 22.1. The molecule has 0 unspecified atom stereocenters. The Kier molecular flexibility index (Phi) is 9.15. The number of fused-ring (bicyclic) bond motifs is 1. The number of aromatic nitrogens is 1. The number of hydrogen-bond donors (Lipinski definition) is 0. The highest BCUT2D eigenvalue weighted by atomic mass is 32.2. The summed E-state index contributed by atoms with van der Waals surface area (Å²) in [6.45, 7) is 9.35. The molecule has 0 aliphatic heterocycles. The maximum Gasteiger partial charge on any atom is 0.279 e. The molecule has 188 valence electrons. The maximum atomic E-state index is 13.1. The zero-order chi connectivity index (χ0) is 25.6. The normalized spacial score (nSPS) is 12.5. The minimum Gasteiger partial charge on any atom is -0.383 e. The second kappa shape index (κ2) is 11.9. The van der Waals surface area contributed by atoms with Crippen molar-refractivity contribution in [2.75, 3.05) is 40.5 Å². The molecular formula is C25H31N3O5S2. The van der Waals surface area contributed by atoms with Gasteiger partial charge >= 0.3 is 0 Å². The predicted molar refractivity (Wildman–Crippen MR) is 138 cm³/mol. The Morgan fingerprint density at radius 1 is 1.11 bits per heavy atom. The quantitative estimate of drug-likeness (QED) is 0.363. The van der Waals surface area contributed by atoms with Gasteiger partial charge in [-0.25, -0.2) is 8.42 Å². The standard InChI is InChI=1S/C25H31N3O5S2/c1-6-11-28-23-19(3)16-18(2)17-22(23)34-25(28)26-24(29)20-7-9-21(10-8-20)35(30,31)27(12-14-32-4)13-15-33-5/h6-10,16-17H,1,11-15H2,2-5H3. The van der Waals surface area contributed by atoms with Crippen LogP contribution in [0.25, 0.3) is 10.2 Å². The summed E-state index contributed by atoms with van der Waals surface area (Å²) >= 11 is 1.44. The van der Waals surface area contributed by atoms with Crippen molar-refractivity contribution in [2.45, 2.75) is 25.3 Å². The lowest BCUT2D eigenvalue weighted by Gasteiger charge is -2.21. The van der Waals surface area contributed by atoms with Gasteiger partial charge in [-0.05, 0) is 55.3 Å². The number of benzene rings is 2. The first kappa shape index (κ1) is 27.0. The van der Waals surface area contributed by atoms with Gasteiger partial charge in [0.15, 0.2) is 4.80 Å². The number of ether oxygens (including phenoxy) is 2. The minimum atomic E-state index is -3.77. The third-order valence-corrected chi connectivity index (χ3v) is 8.39. The zero-order valence-electron chi connectivity index (χ0n) is 20.5. The first-order valence-electron chi connectivity index (χ1n) is 11.1. The molecule has 10 heteroatoms. The topological polar surface area (TPSA) is 90.2 Å². The lowest BCUT2D eigenvalue weighted by molar-refractivity contribution is 0.0997. The molecule has 0 fully saturated rings. The van der Waals surface area contributed by atoms with Crippen LogP contribution in [0.4, 0.5) is 0 Å². The lowest BCUT2D eigenvalue weighted by atomic mass is 10.1. The highest BCUT2D eigenvalue weighted by Gasteiger charge is 2.24. The summed E-state index contributed by atoms with van der Waals surface area (Å²) in [6, 6.07) is 10.0. The van der Waals surface area contributed by atoms with E-state index in [0.29, 0.717) is 16.9 Å². The van der Waals surface area contributed by atoms with Gasteiger partial charge in [-0.1, -0.05) is 23.5 Å². The number of carbonyl (C=O) groups is 1. The summed E-state index contributed by atoms with van der Waals surface area (Å²) in [4.78, 5) is 18.0. The Morgan fingerprint density at radius 2 is 1.74 bits per heavy atom. The van der Waals surface area contributed by atoms with E-state index in [2.05, 4.69) is 23.7 Å². The molecule has 0 spiro atoms. The van der Waals surface area contributed by atoms with Crippen LogP contribution in [0.5, 0.6) is 0 Å². The fourth-order valence-electron chi connectivity index (χ4n) is 3.78. The maximum absolute atomic E-state index is 13.1. The highest BCUT2D eigenvalue weighted by Crippen LogP contribution is 2.23. The van der Waals surface area contributed by atoms with Gasteiger partial charge in [0.05, 0.1) is 28.3 Å². The number of allylic oxidation sites excluding steroid dienone is 1. The number of thiazole rings is 1. The van der Waals surface area contributed by atoms with Crippen molar-refractivity contribution in [3.05, 3.63) is 70.5 Å². The summed E-state index contributed by atoms with van der Waals surface area (Å²) in [5.41, 5.74) is 3.58. The number of nitrogens with zero attached hydrogens (tertiary/aromatic N) is 3. The van der Waals surface area contributed by atoms with E-state index in [9.17, 15) is 13.2 Å². The molecule has 0 atom stereocenters. The molecule has 1 aromatic heterocycles. The number of carbonyl (C=O) groups excluding carboxylic acids is 1. The summed E-state index contributed by atoms with van der Waals surface area (Å²) in [5, 5.41) is 0. The van der Waals surface area contributed by atoms with Crippen LogP contribution in [0.1, 0.15) is 21.5 Å². The molecule has 3 aromatic rings. The SMILES string of the molecule is C=CCn1c(=NC(=O)c2ccc(S(=O)(=O)N(CCOC)CCOC)cc2)sc2cc(C)cc(C)c21. The van der Waals surface area contributed by atoms with Crippen molar-refractivity contribution in [3.63, 3.8) is 0 Å². The number of sulfonamides is 1. The number of amides is 1. The molecule has 8 nitrogen and oxygen atoms in total. The van der Waals surface area contributed by atoms with Crippen molar-refractivity contribution >= 4 is 37.5 Å². The Balaban J connectivity index is 1.94. The minimum absolute atomic E-state index is 0.0935. The monoisotopic (exact) mass is 517 g/mol. The molecule has 0 saturated carbocycles. The molecule has 0 radical (unpaired) electrons. The van der Waals surface area contributed by atoms with Gasteiger partial charge in [-0.15, -0.1) is 6.58 Å². The van der Waals surface area contributed by atoms with Crippen LogP contribution in [0, 0.1) is 13.8 Å². The number of rotatable bonds is 11. The predicted octanol–water partition coefficient (Wildman–Crippen LogP) is 3.53. The molecule has 0 saturated heterocycles. The van der Waals surface area contributed by atoms with Crippen LogP contribution in [0.15, 0.2) is 58.9 Å². The van der Waals surface area contributed by atoms with E-state index < -0.39 is 15.9 Å². The Morgan fingerprint density at radius 3 is 2.31 bits per heavy atom. The molecule has 0 bridgehead atoms. The van der Waals surface area contributed by atoms with E-state index in [1.54, 1.807) is 6.08 Å². The van der Waals surface area contributed by atoms with Gasteiger partial charge in [-0.3, -0.25) is 4.79 Å². The van der Waals surface area contributed by atoms with Crippen LogP contribution in [0.2, 0.25) is 0 Å². The second-order valence-corrected chi connectivity index (χ2v) is 11.0. The Labute approximate surface area is 210 Å². The van der Waals surface area contributed by atoms with E-state index in [0.717, 1.165) is 21.3 Å². The van der Waals surface area contributed by atoms with Crippen molar-refractivity contribution < 1.29 is 22.7 Å². The largest absolute Gasteiger partial charge is 0.383 e. The first-order valence-corrected chi connectivity index (χ1v) is 13.4. The van der Waals surface area contributed by atoms with E-state index in [-0.39, 0.29) is 31.2 Å². The first-order chi connectivity index (χ1) is 16.7. The average Bonchev–Trinajstić information content (AvgIpc) is 3.16. The number of methoxy groups -OCH3 is 2. The second-order valence-electron chi connectivity index (χ2n) is 8.04. The molecular weight excluding hydrogens is 486 g/mol. The van der Waals surface area contributed by atoms with Crippen LogP contribution >= 0.6 is 11.3 Å². The van der Waals surface area contributed by atoms with Gasteiger partial charge in [0.2, 0.25) is 10.0 Å². The van der Waals surface area contributed by atoms with E-state index in [1.807, 2.05) is 18.4 Å². The molecule has 3 rings (SSSR count). The van der Waals surface area contributed by atoms with Gasteiger partial charge in [0, 0.05) is 39.4 Å². The summed E-state index contributed by atoms with van der Waals surface area (Å²) in [5.74, 6) is -0.441. The molecule has 35 heavy (non-hydrogen) atoms. The highest BCUT2D eigenvalue weighted by molar-refractivity contribution is 7.89. The van der Waals surface area contributed by atoms with Crippen molar-refractivity contribution in [1.29, 1.82) is 0 Å². The fourth-order valence-corrected chi connectivity index (χ4v) is 6.41. The average molecular weight is 518 g/mol. The van der Waals surface area contributed by atoms with Crippen LogP contribution in [0.3, 0.4) is 0 Å². The molecule has 1 amide bonds. The van der Waals surface area contributed by atoms with E-state index in [4.69, 9.17) is 9.47 Å². The van der Waals surface area contributed by atoms with Gasteiger partial charge in [-0.2, -0.15) is 9.30 Å². The molecule has 0 N–H and O–H groups in total. The van der Waals surface area contributed by atoms with E-state index >= 15 is 0 Å². The Bertz CT molecular complexity index is 1360. The smallest absolute Gasteiger partial charge is 0.279 e. The molecule has 0 aliphatic carbocycles. The van der Waals surface area contributed by atoms with Crippen LogP contribution < -0.4 is 4.80 Å². The number of hydrogen-bond acceptors (Lipinski definition) is 6. The van der Waals surface area contributed by atoms with Crippen molar-refractivity contribution in [2.24, 2.45) is 4.99 Å². The van der Waals surface area contributed by atoms with E-state index in [1.165, 1.54) is 54.1 Å². The van der Waals surface area contributed by atoms with Gasteiger partial charge in [0.25, 0.3) is 5.91 Å². The van der Waals surface area contributed by atoms with Gasteiger partial charge < -0.3 is 14.0 Å². The van der Waals surface area contributed by atoms with Crippen molar-refractivity contribution in [1.82, 2.24) is 8.87 Å². The van der Waals surface area contributed by atoms with Crippen molar-refractivity contribution in [3.8, 4) is 0 Å². The fraction of sp³-hybridized carbons (Fsp3) is 0.360. The van der Waals surface area contributed by atoms with Gasteiger partial charge in [0.1, 0.15) is 0 Å². The summed E-state index contributed by atoms with van der Waals surface area (Å²) in [7, 11) is -0.735. The molecule has 0 aliphatic rings. The molecule has 2 aromatic carbocycles. The summed E-state index contributed by atoms with van der Waals surface area (Å²) in [6.07, 6.45) is 1.77. The van der Waals surface area contributed by atoms with Crippen LogP contribution in [-0.4, -0.2) is 63.7 Å². The van der Waals surface area contributed by atoms with Crippen LogP contribution in [-0.2, 0) is 26.0 Å². The Hall–Kier alpha value is -2.63. The lowest BCUT2D eigenvalue weighted by Crippen LogP contribution is -2.36.